The third-order valence-electron chi connectivity index (χ3n) is 3.63. The average molecular weight is 292 g/mol. The number of aryl methyl sites for hydroxylation is 1. The summed E-state index contributed by atoms with van der Waals surface area (Å²) in [5, 5.41) is 2.38. The van der Waals surface area contributed by atoms with Gasteiger partial charge in [-0.2, -0.15) is 0 Å². The van der Waals surface area contributed by atoms with Crippen LogP contribution in [0.5, 0.6) is 0 Å². The number of aromatic nitrogens is 2. The van der Waals surface area contributed by atoms with Crippen molar-refractivity contribution in [3.8, 4) is 0 Å². The zero-order chi connectivity index (χ0) is 14.3. The quantitative estimate of drug-likeness (QED) is 0.680. The summed E-state index contributed by atoms with van der Waals surface area (Å²) in [5.74, 6) is 0.381. The number of rotatable bonds is 2. The Balaban J connectivity index is 2.19. The number of benzene rings is 1. The van der Waals surface area contributed by atoms with E-state index in [0.29, 0.717) is 18.7 Å². The molecule has 1 aromatic heterocycles. The number of imidazole rings is 1. The maximum absolute atomic E-state index is 12.1. The second-order valence-corrected chi connectivity index (χ2v) is 5.21. The largest absolute Gasteiger partial charge is 0.314 e. The van der Waals surface area contributed by atoms with E-state index in [2.05, 4.69) is 10.3 Å². The molecule has 0 aliphatic carbocycles. The van der Waals surface area contributed by atoms with Crippen molar-refractivity contribution in [2.24, 2.45) is 0 Å². The normalized spacial score (nSPS) is 19.4. The number of amides is 2. The highest BCUT2D eigenvalue weighted by Crippen LogP contribution is 2.29. The number of para-hydroxylation sites is 1. The molecular formula is C14H14ClN3O2. The summed E-state index contributed by atoms with van der Waals surface area (Å²) in [6.07, 6.45) is 0.817. The third kappa shape index (κ3) is 1.98. The lowest BCUT2D eigenvalue weighted by molar-refractivity contribution is -0.135. The van der Waals surface area contributed by atoms with Crippen molar-refractivity contribution in [1.29, 1.82) is 0 Å². The molecule has 0 spiro atoms. The van der Waals surface area contributed by atoms with Crippen molar-refractivity contribution in [3.63, 3.8) is 0 Å². The number of nitrogens with zero attached hydrogens (tertiary/aromatic N) is 2. The zero-order valence-electron chi connectivity index (χ0n) is 11.0. The van der Waals surface area contributed by atoms with E-state index >= 15 is 0 Å². The van der Waals surface area contributed by atoms with Crippen molar-refractivity contribution in [1.82, 2.24) is 14.9 Å². The minimum absolute atomic E-state index is 0.222. The van der Waals surface area contributed by atoms with Crippen molar-refractivity contribution < 1.29 is 9.59 Å². The van der Waals surface area contributed by atoms with Gasteiger partial charge in [-0.25, -0.2) is 4.98 Å². The van der Waals surface area contributed by atoms with E-state index in [1.807, 2.05) is 29.7 Å². The van der Waals surface area contributed by atoms with E-state index < -0.39 is 6.04 Å². The van der Waals surface area contributed by atoms with Crippen LogP contribution in [-0.4, -0.2) is 21.4 Å². The molecule has 1 fully saturated rings. The minimum Gasteiger partial charge on any atom is -0.314 e. The average Bonchev–Trinajstić information content (AvgIpc) is 2.79. The van der Waals surface area contributed by atoms with Gasteiger partial charge in [0, 0.05) is 6.42 Å². The molecule has 1 atom stereocenters. The number of piperidine rings is 1. The van der Waals surface area contributed by atoms with Gasteiger partial charge >= 0.3 is 0 Å². The molecule has 0 radical (unpaired) electrons. The van der Waals surface area contributed by atoms with Gasteiger partial charge in [0.1, 0.15) is 11.9 Å². The van der Waals surface area contributed by atoms with E-state index in [4.69, 9.17) is 11.6 Å². The standard InChI is InChI=1S/C14H14ClN3O2/c1-8-3-2-4-9-13(8)18(11(7-15)16-9)10-5-6-12(19)17-14(10)20/h2-4,10H,5-7H2,1H3,(H,17,19,20). The molecule has 2 heterocycles. The Morgan fingerprint density at radius 3 is 2.95 bits per heavy atom. The van der Waals surface area contributed by atoms with E-state index in [0.717, 1.165) is 16.6 Å². The van der Waals surface area contributed by atoms with Crippen LogP contribution in [0.15, 0.2) is 18.2 Å². The first-order valence-electron chi connectivity index (χ1n) is 6.48. The van der Waals surface area contributed by atoms with Gasteiger partial charge in [0.2, 0.25) is 11.8 Å². The van der Waals surface area contributed by atoms with Crippen molar-refractivity contribution in [2.45, 2.75) is 31.7 Å². The van der Waals surface area contributed by atoms with Crippen molar-refractivity contribution in [3.05, 3.63) is 29.6 Å². The molecule has 1 aromatic carbocycles. The van der Waals surface area contributed by atoms with Crippen LogP contribution in [0, 0.1) is 6.92 Å². The molecule has 6 heteroatoms. The first kappa shape index (κ1) is 13.1. The monoisotopic (exact) mass is 291 g/mol. The van der Waals surface area contributed by atoms with Crippen LogP contribution in [0.4, 0.5) is 0 Å². The van der Waals surface area contributed by atoms with Crippen molar-refractivity contribution >= 4 is 34.4 Å². The molecule has 1 unspecified atom stereocenters. The molecule has 104 valence electrons. The number of carbonyl (C=O) groups is 2. The van der Waals surface area contributed by atoms with E-state index in [-0.39, 0.29) is 17.7 Å². The Bertz CT molecular complexity index is 708. The lowest BCUT2D eigenvalue weighted by Crippen LogP contribution is -2.42. The Morgan fingerprint density at radius 1 is 1.45 bits per heavy atom. The van der Waals surface area contributed by atoms with Crippen molar-refractivity contribution in [2.75, 3.05) is 0 Å². The number of halogens is 1. The van der Waals surface area contributed by atoms with Gasteiger partial charge in [0.05, 0.1) is 16.9 Å². The van der Waals surface area contributed by atoms with Gasteiger partial charge in [0.15, 0.2) is 0 Å². The topological polar surface area (TPSA) is 64.0 Å². The number of hydrogen-bond donors (Lipinski definition) is 1. The van der Waals surface area contributed by atoms with Crippen LogP contribution in [0.2, 0.25) is 0 Å². The highest BCUT2D eigenvalue weighted by atomic mass is 35.5. The van der Waals surface area contributed by atoms with Gasteiger partial charge in [-0.1, -0.05) is 12.1 Å². The summed E-state index contributed by atoms with van der Waals surface area (Å²) in [7, 11) is 0. The van der Waals surface area contributed by atoms with Gasteiger partial charge < -0.3 is 4.57 Å². The van der Waals surface area contributed by atoms with Gasteiger partial charge in [-0.3, -0.25) is 14.9 Å². The van der Waals surface area contributed by atoms with Crippen LogP contribution in [0.1, 0.15) is 30.3 Å². The SMILES string of the molecule is Cc1cccc2nc(CCl)n(C3CCC(=O)NC3=O)c12. The molecule has 2 aromatic rings. The number of carbonyl (C=O) groups excluding carboxylic acids is 2. The lowest BCUT2D eigenvalue weighted by Gasteiger charge is -2.24. The number of nitrogens with one attached hydrogen (secondary N) is 1. The van der Waals surface area contributed by atoms with Crippen LogP contribution in [-0.2, 0) is 15.5 Å². The van der Waals surface area contributed by atoms with Crippen LogP contribution in [0.25, 0.3) is 11.0 Å². The highest BCUT2D eigenvalue weighted by Gasteiger charge is 2.31. The number of imide groups is 1. The summed E-state index contributed by atoms with van der Waals surface area (Å²) in [6.45, 7) is 1.98. The summed E-state index contributed by atoms with van der Waals surface area (Å²) < 4.78 is 1.87. The third-order valence-corrected chi connectivity index (χ3v) is 3.87. The zero-order valence-corrected chi connectivity index (χ0v) is 11.8. The second-order valence-electron chi connectivity index (χ2n) is 4.94. The molecule has 0 saturated carbocycles. The van der Waals surface area contributed by atoms with Gasteiger partial charge in [-0.05, 0) is 25.0 Å². The summed E-state index contributed by atoms with van der Waals surface area (Å²) in [5.41, 5.74) is 2.78. The predicted octanol–water partition coefficient (Wildman–Crippen LogP) is 2.06. The highest BCUT2D eigenvalue weighted by molar-refractivity contribution is 6.17. The fourth-order valence-electron chi connectivity index (χ4n) is 2.73. The predicted molar refractivity (Wildman–Crippen MR) is 75.4 cm³/mol. The summed E-state index contributed by atoms with van der Waals surface area (Å²) in [6, 6.07) is 5.38. The molecular weight excluding hydrogens is 278 g/mol. The lowest BCUT2D eigenvalue weighted by atomic mass is 10.0. The molecule has 1 saturated heterocycles. The molecule has 3 rings (SSSR count). The fourth-order valence-corrected chi connectivity index (χ4v) is 2.92. The molecule has 2 amide bonds. The Kier molecular flexibility index (Phi) is 3.22. The van der Waals surface area contributed by atoms with E-state index in [1.165, 1.54) is 0 Å². The van der Waals surface area contributed by atoms with Crippen LogP contribution < -0.4 is 5.32 Å². The molecule has 1 N–H and O–H groups in total. The molecule has 0 bridgehead atoms. The molecule has 5 nitrogen and oxygen atoms in total. The number of alkyl halides is 1. The molecule has 1 aliphatic heterocycles. The van der Waals surface area contributed by atoms with Gasteiger partial charge in [0.25, 0.3) is 0 Å². The van der Waals surface area contributed by atoms with Crippen LogP contribution in [0.3, 0.4) is 0 Å². The summed E-state index contributed by atoms with van der Waals surface area (Å²) >= 11 is 5.97. The van der Waals surface area contributed by atoms with E-state index in [9.17, 15) is 9.59 Å². The van der Waals surface area contributed by atoms with Gasteiger partial charge in [-0.15, -0.1) is 11.6 Å². The maximum atomic E-state index is 12.1. The number of fused-ring (bicyclic) bond motifs is 1. The first-order valence-corrected chi connectivity index (χ1v) is 7.01. The minimum atomic E-state index is -0.424. The number of hydrogen-bond acceptors (Lipinski definition) is 3. The Hall–Kier alpha value is -1.88. The Morgan fingerprint density at radius 2 is 2.25 bits per heavy atom. The second kappa shape index (κ2) is 4.90. The molecule has 20 heavy (non-hydrogen) atoms. The Labute approximate surface area is 120 Å². The maximum Gasteiger partial charge on any atom is 0.249 e. The first-order chi connectivity index (χ1) is 9.61. The summed E-state index contributed by atoms with van der Waals surface area (Å²) in [4.78, 5) is 27.9. The fraction of sp³-hybridized carbons (Fsp3) is 0.357. The molecule has 1 aliphatic rings. The van der Waals surface area contributed by atoms with E-state index in [1.54, 1.807) is 0 Å². The smallest absolute Gasteiger partial charge is 0.249 e. The van der Waals surface area contributed by atoms with Crippen LogP contribution >= 0.6 is 11.6 Å².